The summed E-state index contributed by atoms with van der Waals surface area (Å²) in [4.78, 5) is 23.7. The molecule has 2 atom stereocenters. The zero-order valence-electron chi connectivity index (χ0n) is 12.5. The van der Waals surface area contributed by atoms with Gasteiger partial charge in [0.25, 0.3) is 5.91 Å². The molecule has 0 unspecified atom stereocenters. The molecule has 1 aliphatic carbocycles. The van der Waals surface area contributed by atoms with Crippen LogP contribution in [0.1, 0.15) is 37.8 Å². The minimum Gasteiger partial charge on any atom is -0.455 e. The van der Waals surface area contributed by atoms with Gasteiger partial charge in [-0.15, -0.1) is 0 Å². The van der Waals surface area contributed by atoms with E-state index in [4.69, 9.17) is 16.3 Å². The Labute approximate surface area is 135 Å². The normalized spacial score (nSPS) is 18.5. The monoisotopic (exact) mass is 321 g/mol. The van der Waals surface area contributed by atoms with E-state index in [-0.39, 0.29) is 30.4 Å². The molecule has 1 amide bonds. The second-order valence-electron chi connectivity index (χ2n) is 5.43. The summed E-state index contributed by atoms with van der Waals surface area (Å²) in [7, 11) is 0. The minimum absolute atomic E-state index is 0.122. The van der Waals surface area contributed by atoms with Gasteiger partial charge in [0, 0.05) is 5.02 Å². The number of carbonyl (C=O) groups excluding carboxylic acids is 2. The highest BCUT2D eigenvalue weighted by Crippen LogP contribution is 2.20. The number of hydrogen-bond donors (Lipinski definition) is 1. The maximum absolute atomic E-state index is 11.9. The first-order valence-electron chi connectivity index (χ1n) is 7.42. The number of allylic oxidation sites excluding steroid dienone is 2. The zero-order chi connectivity index (χ0) is 15.9. The number of esters is 1. The molecule has 0 aromatic heterocycles. The molecule has 1 aliphatic rings. The third-order valence-electron chi connectivity index (χ3n) is 3.67. The lowest BCUT2D eigenvalue weighted by molar-refractivity contribution is -0.153. The second-order valence-corrected chi connectivity index (χ2v) is 5.87. The maximum Gasteiger partial charge on any atom is 0.309 e. The molecule has 2 rings (SSSR count). The first kappa shape index (κ1) is 16.6. The second kappa shape index (κ2) is 7.99. The third-order valence-corrected chi connectivity index (χ3v) is 3.91. The summed E-state index contributed by atoms with van der Waals surface area (Å²) >= 11 is 5.93. The van der Waals surface area contributed by atoms with Crippen LogP contribution in [0.25, 0.3) is 0 Å². The largest absolute Gasteiger partial charge is 0.455 e. The van der Waals surface area contributed by atoms with Crippen molar-refractivity contribution in [3.63, 3.8) is 0 Å². The lowest BCUT2D eigenvalue weighted by atomic mass is 9.95. The fourth-order valence-corrected chi connectivity index (χ4v) is 2.60. The van der Waals surface area contributed by atoms with Crippen LogP contribution in [0.15, 0.2) is 36.4 Å². The summed E-state index contributed by atoms with van der Waals surface area (Å²) in [5.74, 6) is -0.731. The summed E-state index contributed by atoms with van der Waals surface area (Å²) in [6.07, 6.45) is 6.41. The first-order valence-corrected chi connectivity index (χ1v) is 7.80. The molecule has 0 fully saturated rings. The van der Waals surface area contributed by atoms with Crippen LogP contribution in [0.3, 0.4) is 0 Å². The van der Waals surface area contributed by atoms with E-state index in [0.29, 0.717) is 11.4 Å². The van der Waals surface area contributed by atoms with Gasteiger partial charge in [0.2, 0.25) is 0 Å². The Kier molecular flexibility index (Phi) is 6.01. The predicted molar refractivity (Wildman–Crippen MR) is 85.4 cm³/mol. The van der Waals surface area contributed by atoms with E-state index in [9.17, 15) is 9.59 Å². The van der Waals surface area contributed by atoms with Gasteiger partial charge in [-0.2, -0.15) is 0 Å². The highest BCUT2D eigenvalue weighted by molar-refractivity contribution is 6.30. The standard InChI is InChI=1S/C17H20ClNO3/c1-12(14-8-5-9-15(18)10-14)19-16(20)11-22-17(21)13-6-3-2-4-7-13/h2-3,5,8-10,12-13H,4,6-7,11H2,1H3,(H,19,20)/t12-,13+/m0/s1. The van der Waals surface area contributed by atoms with E-state index in [2.05, 4.69) is 11.4 Å². The van der Waals surface area contributed by atoms with Gasteiger partial charge >= 0.3 is 5.97 Å². The van der Waals surface area contributed by atoms with E-state index < -0.39 is 0 Å². The van der Waals surface area contributed by atoms with Crippen molar-refractivity contribution in [1.82, 2.24) is 5.32 Å². The molecule has 0 saturated carbocycles. The van der Waals surface area contributed by atoms with E-state index in [0.717, 1.165) is 18.4 Å². The quantitative estimate of drug-likeness (QED) is 0.668. The maximum atomic E-state index is 11.9. The molecule has 1 aromatic carbocycles. The van der Waals surface area contributed by atoms with Gasteiger partial charge in [-0.1, -0.05) is 35.9 Å². The number of halogens is 1. The van der Waals surface area contributed by atoms with E-state index in [1.54, 1.807) is 12.1 Å². The summed E-state index contributed by atoms with van der Waals surface area (Å²) in [5, 5.41) is 3.41. The van der Waals surface area contributed by atoms with Crippen molar-refractivity contribution in [3.05, 3.63) is 47.0 Å². The highest BCUT2D eigenvalue weighted by atomic mass is 35.5. The van der Waals surface area contributed by atoms with Gasteiger partial charge in [-0.3, -0.25) is 9.59 Å². The fourth-order valence-electron chi connectivity index (χ4n) is 2.40. The molecule has 0 aliphatic heterocycles. The fraction of sp³-hybridized carbons (Fsp3) is 0.412. The number of nitrogens with one attached hydrogen (secondary N) is 1. The van der Waals surface area contributed by atoms with Gasteiger partial charge in [-0.25, -0.2) is 0 Å². The molecule has 5 heteroatoms. The average Bonchev–Trinajstić information content (AvgIpc) is 2.53. The lowest BCUT2D eigenvalue weighted by Gasteiger charge is -2.17. The van der Waals surface area contributed by atoms with Crippen LogP contribution in [-0.2, 0) is 14.3 Å². The summed E-state index contributed by atoms with van der Waals surface area (Å²) in [6, 6.07) is 7.10. The molecule has 22 heavy (non-hydrogen) atoms. The number of carbonyl (C=O) groups is 2. The van der Waals surface area contributed by atoms with Crippen LogP contribution in [-0.4, -0.2) is 18.5 Å². The van der Waals surface area contributed by atoms with E-state index in [1.807, 2.05) is 25.1 Å². The number of ether oxygens (including phenoxy) is 1. The van der Waals surface area contributed by atoms with Crippen molar-refractivity contribution in [3.8, 4) is 0 Å². The lowest BCUT2D eigenvalue weighted by Crippen LogP contribution is -2.32. The Morgan fingerprint density at radius 3 is 2.91 bits per heavy atom. The van der Waals surface area contributed by atoms with Crippen LogP contribution < -0.4 is 5.32 Å². The molecule has 0 spiro atoms. The molecule has 0 saturated heterocycles. The Morgan fingerprint density at radius 1 is 1.41 bits per heavy atom. The van der Waals surface area contributed by atoms with Crippen molar-refractivity contribution in [1.29, 1.82) is 0 Å². The van der Waals surface area contributed by atoms with Gasteiger partial charge in [0.1, 0.15) is 0 Å². The summed E-state index contributed by atoms with van der Waals surface area (Å²) < 4.78 is 5.09. The van der Waals surface area contributed by atoms with Crippen LogP contribution in [0, 0.1) is 5.92 Å². The van der Waals surface area contributed by atoms with Crippen molar-refractivity contribution in [2.24, 2.45) is 5.92 Å². The SMILES string of the molecule is C[C@H](NC(=O)COC(=O)[C@@H]1CC=CCC1)c1cccc(Cl)c1. The first-order chi connectivity index (χ1) is 10.6. The summed E-state index contributed by atoms with van der Waals surface area (Å²) in [6.45, 7) is 1.61. The topological polar surface area (TPSA) is 55.4 Å². The van der Waals surface area contributed by atoms with E-state index in [1.165, 1.54) is 0 Å². The predicted octanol–water partition coefficient (Wildman–Crippen LogP) is 3.42. The van der Waals surface area contributed by atoms with Crippen molar-refractivity contribution < 1.29 is 14.3 Å². The number of amides is 1. The van der Waals surface area contributed by atoms with Gasteiger partial charge < -0.3 is 10.1 Å². The zero-order valence-corrected chi connectivity index (χ0v) is 13.3. The number of rotatable bonds is 5. The molecule has 0 radical (unpaired) electrons. The Hall–Kier alpha value is -1.81. The Morgan fingerprint density at radius 2 is 2.23 bits per heavy atom. The van der Waals surface area contributed by atoms with Gasteiger partial charge in [0.15, 0.2) is 6.61 Å². The molecule has 118 valence electrons. The van der Waals surface area contributed by atoms with Crippen molar-refractivity contribution >= 4 is 23.5 Å². The Balaban J connectivity index is 1.77. The van der Waals surface area contributed by atoms with Crippen molar-refractivity contribution in [2.75, 3.05) is 6.61 Å². The van der Waals surface area contributed by atoms with Gasteiger partial charge in [0.05, 0.1) is 12.0 Å². The third kappa shape index (κ3) is 4.88. The molecule has 0 bridgehead atoms. The van der Waals surface area contributed by atoms with E-state index >= 15 is 0 Å². The van der Waals surface area contributed by atoms with Crippen LogP contribution >= 0.6 is 11.6 Å². The summed E-state index contributed by atoms with van der Waals surface area (Å²) in [5.41, 5.74) is 0.907. The van der Waals surface area contributed by atoms with Crippen LogP contribution in [0.2, 0.25) is 5.02 Å². The molecular formula is C17H20ClNO3. The van der Waals surface area contributed by atoms with Gasteiger partial charge in [-0.05, 0) is 43.9 Å². The number of hydrogen-bond acceptors (Lipinski definition) is 3. The highest BCUT2D eigenvalue weighted by Gasteiger charge is 2.21. The molecule has 1 aromatic rings. The van der Waals surface area contributed by atoms with Crippen molar-refractivity contribution in [2.45, 2.75) is 32.2 Å². The number of benzene rings is 1. The average molecular weight is 322 g/mol. The minimum atomic E-state index is -0.313. The molecule has 4 nitrogen and oxygen atoms in total. The molecule has 0 heterocycles. The van der Waals surface area contributed by atoms with Crippen LogP contribution in [0.5, 0.6) is 0 Å². The smallest absolute Gasteiger partial charge is 0.309 e. The van der Waals surface area contributed by atoms with Crippen LogP contribution in [0.4, 0.5) is 0 Å². The molecule has 1 N–H and O–H groups in total. The molecular weight excluding hydrogens is 302 g/mol. The Bertz CT molecular complexity index is 571.